The van der Waals surface area contributed by atoms with Gasteiger partial charge in [-0.05, 0) is 6.42 Å². The summed E-state index contributed by atoms with van der Waals surface area (Å²) in [4.78, 5) is 9.71. The van der Waals surface area contributed by atoms with Crippen molar-refractivity contribution in [1.82, 2.24) is 0 Å². The first-order valence-electron chi connectivity index (χ1n) is 3.21. The molecule has 9 heavy (non-hydrogen) atoms. The first kappa shape index (κ1) is 4.73. The highest BCUT2D eigenvalue weighted by Gasteiger charge is 2.09. The van der Waals surface area contributed by atoms with Crippen molar-refractivity contribution in [3.8, 4) is 0 Å². The SMILES string of the molecule is [2H]C1=CC=C([N+](=O)[O-])CC1. The standard InChI is InChI=1S/C6H7NO2/c8-7(9)6-4-2-1-3-5-6/h1-2,4H,3,5H2/i1D. The van der Waals surface area contributed by atoms with Gasteiger partial charge < -0.3 is 0 Å². The van der Waals surface area contributed by atoms with E-state index in [2.05, 4.69) is 0 Å². The van der Waals surface area contributed by atoms with E-state index in [0.29, 0.717) is 18.9 Å². The molecule has 48 valence electrons. The summed E-state index contributed by atoms with van der Waals surface area (Å²) in [5.74, 6) is 0. The summed E-state index contributed by atoms with van der Waals surface area (Å²) in [6.45, 7) is 0. The second kappa shape index (κ2) is 2.44. The Hall–Kier alpha value is -1.12. The Morgan fingerprint density at radius 3 is 3.11 bits per heavy atom. The zero-order valence-electron chi connectivity index (χ0n) is 5.83. The summed E-state index contributed by atoms with van der Waals surface area (Å²) >= 11 is 0. The van der Waals surface area contributed by atoms with Gasteiger partial charge in [0.25, 0.3) is 0 Å². The summed E-state index contributed by atoms with van der Waals surface area (Å²) in [5.41, 5.74) is 0.205. The third-order valence-corrected chi connectivity index (χ3v) is 1.15. The highest BCUT2D eigenvalue weighted by atomic mass is 16.6. The molecule has 0 unspecified atom stereocenters. The second-order valence-electron chi connectivity index (χ2n) is 1.79. The Bertz CT molecular complexity index is 220. The number of rotatable bonds is 1. The van der Waals surface area contributed by atoms with Crippen molar-refractivity contribution in [2.45, 2.75) is 12.8 Å². The molecule has 3 heteroatoms. The molecule has 0 N–H and O–H groups in total. The van der Waals surface area contributed by atoms with Crippen molar-refractivity contribution in [2.24, 2.45) is 0 Å². The van der Waals surface area contributed by atoms with Crippen LogP contribution in [0.4, 0.5) is 0 Å². The molecule has 0 aromatic carbocycles. The van der Waals surface area contributed by atoms with Crippen molar-refractivity contribution in [1.29, 1.82) is 0 Å². The molecule has 0 heterocycles. The van der Waals surface area contributed by atoms with E-state index in [4.69, 9.17) is 1.37 Å². The number of nitro groups is 1. The van der Waals surface area contributed by atoms with Gasteiger partial charge in [0.15, 0.2) is 0 Å². The number of allylic oxidation sites excluding steroid dienone is 4. The molecular weight excluding hydrogens is 118 g/mol. The highest BCUT2D eigenvalue weighted by molar-refractivity contribution is 5.11. The van der Waals surface area contributed by atoms with E-state index in [1.54, 1.807) is 0 Å². The predicted molar refractivity (Wildman–Crippen MR) is 33.5 cm³/mol. The van der Waals surface area contributed by atoms with Gasteiger partial charge in [0.2, 0.25) is 5.70 Å². The van der Waals surface area contributed by atoms with Crippen LogP contribution < -0.4 is 0 Å². The lowest BCUT2D eigenvalue weighted by Crippen LogP contribution is -1.99. The normalized spacial score (nSPS) is 19.8. The quantitative estimate of drug-likeness (QED) is 0.394. The van der Waals surface area contributed by atoms with Crippen LogP contribution in [0.15, 0.2) is 23.9 Å². The molecule has 0 saturated heterocycles. The maximum atomic E-state index is 10.1. The lowest BCUT2D eigenvalue weighted by Gasteiger charge is -1.97. The van der Waals surface area contributed by atoms with Gasteiger partial charge >= 0.3 is 0 Å². The van der Waals surface area contributed by atoms with E-state index >= 15 is 0 Å². The molecule has 1 aliphatic rings. The molecule has 0 amide bonds. The fourth-order valence-corrected chi connectivity index (χ4v) is 0.674. The van der Waals surface area contributed by atoms with Crippen LogP contribution in [0.25, 0.3) is 0 Å². The van der Waals surface area contributed by atoms with E-state index in [1.165, 1.54) is 12.2 Å². The lowest BCUT2D eigenvalue weighted by molar-refractivity contribution is -0.428. The molecule has 0 spiro atoms. The van der Waals surface area contributed by atoms with E-state index in [0.717, 1.165) is 0 Å². The Morgan fingerprint density at radius 1 is 1.89 bits per heavy atom. The molecule has 1 aliphatic carbocycles. The van der Waals surface area contributed by atoms with Crippen LogP contribution in [0.5, 0.6) is 0 Å². The van der Waals surface area contributed by atoms with Gasteiger partial charge in [-0.1, -0.05) is 12.1 Å². The number of nitrogens with zero attached hydrogens (tertiary/aromatic N) is 1. The Labute approximate surface area is 54.2 Å². The third kappa shape index (κ3) is 1.38. The van der Waals surface area contributed by atoms with Crippen molar-refractivity contribution in [3.05, 3.63) is 34.0 Å². The van der Waals surface area contributed by atoms with Crippen LogP contribution >= 0.6 is 0 Å². The second-order valence-corrected chi connectivity index (χ2v) is 1.79. The molecule has 0 saturated carbocycles. The topological polar surface area (TPSA) is 43.1 Å². The zero-order valence-corrected chi connectivity index (χ0v) is 4.83. The largest absolute Gasteiger partial charge is 0.259 e. The van der Waals surface area contributed by atoms with Gasteiger partial charge in [0.05, 0.1) is 6.29 Å². The molecule has 0 aromatic rings. The average Bonchev–Trinajstić information content (AvgIpc) is 1.88. The third-order valence-electron chi connectivity index (χ3n) is 1.15. The average molecular weight is 126 g/mol. The fraction of sp³-hybridized carbons (Fsp3) is 0.333. The predicted octanol–water partition coefficient (Wildman–Crippen LogP) is 1.50. The minimum atomic E-state index is -0.400. The van der Waals surface area contributed by atoms with Gasteiger partial charge in [-0.3, -0.25) is 10.1 Å². The summed E-state index contributed by atoms with van der Waals surface area (Å²) < 4.78 is 7.10. The summed E-state index contributed by atoms with van der Waals surface area (Å²) in [7, 11) is 0. The molecule has 0 bridgehead atoms. The molecule has 0 radical (unpaired) electrons. The van der Waals surface area contributed by atoms with E-state index in [1.807, 2.05) is 0 Å². The first-order chi connectivity index (χ1) is 4.70. The maximum Gasteiger partial charge on any atom is 0.246 e. The number of hydrogen-bond acceptors (Lipinski definition) is 2. The maximum absolute atomic E-state index is 10.1. The Kier molecular flexibility index (Phi) is 1.28. The minimum Gasteiger partial charge on any atom is -0.259 e. The van der Waals surface area contributed by atoms with Crippen LogP contribution in [0.3, 0.4) is 0 Å². The molecule has 0 aromatic heterocycles. The fourth-order valence-electron chi connectivity index (χ4n) is 0.674. The molecule has 1 rings (SSSR count). The molecule has 0 atom stereocenters. The van der Waals surface area contributed by atoms with Crippen LogP contribution in [0, 0.1) is 10.1 Å². The van der Waals surface area contributed by atoms with Crippen LogP contribution in [0.2, 0.25) is 0 Å². The van der Waals surface area contributed by atoms with E-state index < -0.39 is 4.92 Å². The van der Waals surface area contributed by atoms with Gasteiger partial charge in [-0.2, -0.15) is 0 Å². The zero-order chi connectivity index (χ0) is 7.56. The van der Waals surface area contributed by atoms with Gasteiger partial charge in [0.1, 0.15) is 0 Å². The van der Waals surface area contributed by atoms with Crippen molar-refractivity contribution in [2.75, 3.05) is 0 Å². The first-order valence-corrected chi connectivity index (χ1v) is 2.71. The van der Waals surface area contributed by atoms with Crippen molar-refractivity contribution >= 4 is 0 Å². The molecule has 0 fully saturated rings. The van der Waals surface area contributed by atoms with Gasteiger partial charge in [0, 0.05) is 12.5 Å². The number of hydrogen-bond donors (Lipinski definition) is 0. The summed E-state index contributed by atoms with van der Waals surface area (Å²) in [6, 6.07) is 0.464. The van der Waals surface area contributed by atoms with E-state index in [9.17, 15) is 10.1 Å². The van der Waals surface area contributed by atoms with E-state index in [-0.39, 0.29) is 5.70 Å². The Morgan fingerprint density at radius 2 is 2.67 bits per heavy atom. The van der Waals surface area contributed by atoms with Gasteiger partial charge in [-0.25, -0.2) is 0 Å². The van der Waals surface area contributed by atoms with Crippen LogP contribution in [0.1, 0.15) is 14.2 Å². The molecule has 0 aliphatic heterocycles. The highest BCUT2D eigenvalue weighted by Crippen LogP contribution is 2.10. The van der Waals surface area contributed by atoms with Crippen molar-refractivity contribution < 1.29 is 6.29 Å². The Balaban J connectivity index is 2.74. The van der Waals surface area contributed by atoms with Crippen molar-refractivity contribution in [3.63, 3.8) is 0 Å². The lowest BCUT2D eigenvalue weighted by atomic mass is 10.1. The van der Waals surface area contributed by atoms with Crippen LogP contribution in [-0.4, -0.2) is 4.92 Å². The monoisotopic (exact) mass is 126 g/mol. The van der Waals surface area contributed by atoms with Gasteiger partial charge in [-0.15, -0.1) is 0 Å². The van der Waals surface area contributed by atoms with Crippen LogP contribution in [-0.2, 0) is 0 Å². The molecular formula is C6H7NO2. The minimum absolute atomic E-state index is 0.205. The summed E-state index contributed by atoms with van der Waals surface area (Å²) in [6.07, 6.45) is 3.75. The summed E-state index contributed by atoms with van der Waals surface area (Å²) in [5, 5.41) is 10.1. The molecule has 3 nitrogen and oxygen atoms in total. The smallest absolute Gasteiger partial charge is 0.246 e.